The summed E-state index contributed by atoms with van der Waals surface area (Å²) >= 11 is 11.8. The molecule has 4 nitrogen and oxygen atoms in total. The maximum absolute atomic E-state index is 6.24. The van der Waals surface area contributed by atoms with E-state index in [9.17, 15) is 0 Å². The van der Waals surface area contributed by atoms with Crippen LogP contribution in [0.25, 0.3) is 0 Å². The summed E-state index contributed by atoms with van der Waals surface area (Å²) in [6, 6.07) is 18.7. The van der Waals surface area contributed by atoms with Gasteiger partial charge in [0.15, 0.2) is 5.11 Å². The van der Waals surface area contributed by atoms with Crippen molar-refractivity contribution in [3.8, 4) is 0 Å². The molecule has 2 aromatic carbocycles. The van der Waals surface area contributed by atoms with E-state index in [-0.39, 0.29) is 12.1 Å². The molecule has 1 heterocycles. The average Bonchev–Trinajstić information content (AvgIpc) is 2.66. The number of para-hydroxylation sites is 1. The Bertz CT molecular complexity index is 747. The third-order valence-electron chi connectivity index (χ3n) is 5.03. The molecule has 2 N–H and O–H groups in total. The minimum absolute atomic E-state index is 0.151. The molecule has 6 heteroatoms. The Hall–Kier alpha value is -1.66. The Morgan fingerprint density at radius 3 is 2.30 bits per heavy atom. The highest BCUT2D eigenvalue weighted by molar-refractivity contribution is 7.80. The quantitative estimate of drug-likeness (QED) is 0.738. The van der Waals surface area contributed by atoms with Gasteiger partial charge in [-0.15, -0.1) is 0 Å². The van der Waals surface area contributed by atoms with Gasteiger partial charge in [-0.2, -0.15) is 0 Å². The maximum atomic E-state index is 6.24. The van der Waals surface area contributed by atoms with Crippen molar-refractivity contribution in [1.29, 1.82) is 0 Å². The van der Waals surface area contributed by atoms with E-state index in [1.54, 1.807) is 0 Å². The van der Waals surface area contributed by atoms with Crippen molar-refractivity contribution in [3.63, 3.8) is 0 Å². The Kier molecular flexibility index (Phi) is 7.07. The Labute approximate surface area is 172 Å². The SMILES string of the molecule is CC(NC(=S)Nc1ccccc1Cl)C(c1ccccc1)N1CCN(C)CC1. The van der Waals surface area contributed by atoms with Gasteiger partial charge >= 0.3 is 0 Å². The summed E-state index contributed by atoms with van der Waals surface area (Å²) < 4.78 is 0. The molecule has 3 rings (SSSR count). The van der Waals surface area contributed by atoms with Gasteiger partial charge < -0.3 is 15.5 Å². The number of nitrogens with one attached hydrogen (secondary N) is 2. The monoisotopic (exact) mass is 402 g/mol. The molecule has 0 spiro atoms. The van der Waals surface area contributed by atoms with Crippen molar-refractivity contribution in [2.75, 3.05) is 38.5 Å². The van der Waals surface area contributed by atoms with Crippen molar-refractivity contribution in [1.82, 2.24) is 15.1 Å². The number of benzene rings is 2. The second kappa shape index (κ2) is 9.51. The fourth-order valence-electron chi connectivity index (χ4n) is 3.57. The zero-order valence-electron chi connectivity index (χ0n) is 15.9. The fourth-order valence-corrected chi connectivity index (χ4v) is 4.05. The smallest absolute Gasteiger partial charge is 0.171 e. The molecule has 0 amide bonds. The summed E-state index contributed by atoms with van der Waals surface area (Å²) in [4.78, 5) is 4.92. The lowest BCUT2D eigenvalue weighted by Gasteiger charge is -2.41. The second-order valence-corrected chi connectivity index (χ2v) is 7.88. The van der Waals surface area contributed by atoms with E-state index in [1.165, 1.54) is 5.56 Å². The van der Waals surface area contributed by atoms with Gasteiger partial charge in [0, 0.05) is 32.2 Å². The lowest BCUT2D eigenvalue weighted by Crippen LogP contribution is -2.52. The number of nitrogens with zero attached hydrogens (tertiary/aromatic N) is 2. The van der Waals surface area contributed by atoms with E-state index < -0.39 is 0 Å². The molecule has 0 radical (unpaired) electrons. The maximum Gasteiger partial charge on any atom is 0.171 e. The number of rotatable bonds is 5. The van der Waals surface area contributed by atoms with Gasteiger partial charge in [0.25, 0.3) is 0 Å². The minimum atomic E-state index is 0.151. The first-order valence-corrected chi connectivity index (χ1v) is 10.1. The third kappa shape index (κ3) is 5.42. The number of halogens is 1. The number of likely N-dealkylation sites (N-methyl/N-ethyl adjacent to an activating group) is 1. The number of hydrogen-bond donors (Lipinski definition) is 2. The molecule has 1 fully saturated rings. The molecule has 0 aromatic heterocycles. The fraction of sp³-hybridized carbons (Fsp3) is 0.381. The highest BCUT2D eigenvalue weighted by Gasteiger charge is 2.28. The largest absolute Gasteiger partial charge is 0.358 e. The zero-order chi connectivity index (χ0) is 19.2. The van der Waals surface area contributed by atoms with Crippen LogP contribution in [0.4, 0.5) is 5.69 Å². The number of anilines is 1. The van der Waals surface area contributed by atoms with Crippen molar-refractivity contribution < 1.29 is 0 Å². The summed E-state index contributed by atoms with van der Waals surface area (Å²) in [5.41, 5.74) is 2.13. The molecule has 144 valence electrons. The third-order valence-corrected chi connectivity index (χ3v) is 5.58. The number of thiocarbonyl (C=S) groups is 1. The van der Waals surface area contributed by atoms with Gasteiger partial charge in [-0.1, -0.05) is 54.1 Å². The first-order valence-electron chi connectivity index (χ1n) is 9.34. The van der Waals surface area contributed by atoms with Crippen LogP contribution < -0.4 is 10.6 Å². The minimum Gasteiger partial charge on any atom is -0.358 e. The Morgan fingerprint density at radius 2 is 1.63 bits per heavy atom. The molecule has 1 aliphatic heterocycles. The van der Waals surface area contributed by atoms with E-state index >= 15 is 0 Å². The summed E-state index contributed by atoms with van der Waals surface area (Å²) in [5.74, 6) is 0. The van der Waals surface area contributed by atoms with Crippen LogP contribution in [0.15, 0.2) is 54.6 Å². The normalized spacial score (nSPS) is 17.9. The first kappa shape index (κ1) is 20.1. The molecular weight excluding hydrogens is 376 g/mol. The predicted octanol–water partition coefficient (Wildman–Crippen LogP) is 4.00. The van der Waals surface area contributed by atoms with Gasteiger partial charge in [-0.05, 0) is 43.9 Å². The van der Waals surface area contributed by atoms with E-state index in [4.69, 9.17) is 23.8 Å². The standard InChI is InChI=1S/C21H27ClN4S/c1-16(23-21(27)24-19-11-7-6-10-18(19)22)20(17-8-4-3-5-9-17)26-14-12-25(2)13-15-26/h3-11,16,20H,12-15H2,1-2H3,(H2,23,24,27). The van der Waals surface area contributed by atoms with Crippen LogP contribution in [0, 0.1) is 0 Å². The predicted molar refractivity (Wildman–Crippen MR) is 119 cm³/mol. The van der Waals surface area contributed by atoms with Crippen LogP contribution >= 0.6 is 23.8 Å². The molecule has 0 saturated carbocycles. The van der Waals surface area contributed by atoms with Crippen molar-refractivity contribution >= 4 is 34.6 Å². The Balaban J connectivity index is 1.71. The van der Waals surface area contributed by atoms with Crippen molar-refractivity contribution in [2.45, 2.75) is 19.0 Å². The van der Waals surface area contributed by atoms with Crippen LogP contribution in [0.5, 0.6) is 0 Å². The topological polar surface area (TPSA) is 30.5 Å². The highest BCUT2D eigenvalue weighted by atomic mass is 35.5. The second-order valence-electron chi connectivity index (χ2n) is 7.06. The molecule has 2 unspecified atom stereocenters. The van der Waals surface area contributed by atoms with Crippen molar-refractivity contribution in [3.05, 3.63) is 65.2 Å². The summed E-state index contributed by atoms with van der Waals surface area (Å²) in [6.07, 6.45) is 0. The van der Waals surface area contributed by atoms with Gasteiger partial charge in [-0.25, -0.2) is 0 Å². The van der Waals surface area contributed by atoms with Crippen LogP contribution in [-0.2, 0) is 0 Å². The van der Waals surface area contributed by atoms with Gasteiger partial charge in [0.1, 0.15) is 0 Å². The van der Waals surface area contributed by atoms with E-state index in [0.29, 0.717) is 10.1 Å². The van der Waals surface area contributed by atoms with Gasteiger partial charge in [0.05, 0.1) is 16.8 Å². The molecule has 27 heavy (non-hydrogen) atoms. The summed E-state index contributed by atoms with van der Waals surface area (Å²) in [6.45, 7) is 6.45. The van der Waals surface area contributed by atoms with Crippen LogP contribution in [0.3, 0.4) is 0 Å². The van der Waals surface area contributed by atoms with Crippen LogP contribution in [-0.4, -0.2) is 54.2 Å². The molecule has 2 aromatic rings. The number of hydrogen-bond acceptors (Lipinski definition) is 3. The molecule has 1 saturated heterocycles. The van der Waals surface area contributed by atoms with Gasteiger partial charge in [-0.3, -0.25) is 4.90 Å². The molecular formula is C21H27ClN4S. The van der Waals surface area contributed by atoms with E-state index in [0.717, 1.165) is 31.9 Å². The lowest BCUT2D eigenvalue weighted by molar-refractivity contribution is 0.0973. The zero-order valence-corrected chi connectivity index (χ0v) is 17.4. The average molecular weight is 403 g/mol. The summed E-state index contributed by atoms with van der Waals surface area (Å²) in [5, 5.41) is 7.94. The molecule has 0 aliphatic carbocycles. The highest BCUT2D eigenvalue weighted by Crippen LogP contribution is 2.26. The van der Waals surface area contributed by atoms with Crippen LogP contribution in [0.1, 0.15) is 18.5 Å². The van der Waals surface area contributed by atoms with Crippen molar-refractivity contribution in [2.24, 2.45) is 0 Å². The van der Waals surface area contributed by atoms with E-state index in [1.807, 2.05) is 24.3 Å². The molecule has 1 aliphatic rings. The van der Waals surface area contributed by atoms with Crippen LogP contribution in [0.2, 0.25) is 5.02 Å². The first-order chi connectivity index (χ1) is 13.0. The lowest BCUT2D eigenvalue weighted by atomic mass is 9.98. The van der Waals surface area contributed by atoms with Gasteiger partial charge in [0.2, 0.25) is 0 Å². The summed E-state index contributed by atoms with van der Waals surface area (Å²) in [7, 11) is 2.18. The Morgan fingerprint density at radius 1 is 1.00 bits per heavy atom. The van der Waals surface area contributed by atoms with E-state index in [2.05, 4.69) is 64.7 Å². The molecule has 2 atom stereocenters. The number of piperazine rings is 1. The molecule has 0 bridgehead atoms.